The fraction of sp³-hybridized carbons (Fsp3) is 0.364. The van der Waals surface area contributed by atoms with Gasteiger partial charge in [0.2, 0.25) is 0 Å². The predicted octanol–water partition coefficient (Wildman–Crippen LogP) is 2.32. The number of rotatable bonds is 3. The molecule has 0 fully saturated rings. The van der Waals surface area contributed by atoms with Gasteiger partial charge in [0.05, 0.1) is 5.41 Å². The maximum Gasteiger partial charge on any atom is 0.309 e. The van der Waals surface area contributed by atoms with Gasteiger partial charge >= 0.3 is 5.97 Å². The summed E-state index contributed by atoms with van der Waals surface area (Å²) in [5, 5.41) is 17.9. The summed E-state index contributed by atoms with van der Waals surface area (Å²) in [7, 11) is 0. The number of halogens is 2. The van der Waals surface area contributed by atoms with Crippen LogP contribution in [0, 0.1) is 17.0 Å². The summed E-state index contributed by atoms with van der Waals surface area (Å²) >= 11 is 0. The summed E-state index contributed by atoms with van der Waals surface area (Å²) in [6.45, 7) is 2.85. The number of carboxylic acids is 1. The zero-order valence-corrected chi connectivity index (χ0v) is 8.92. The fourth-order valence-corrected chi connectivity index (χ4v) is 1.27. The highest BCUT2D eigenvalue weighted by atomic mass is 19.1. The van der Waals surface area contributed by atoms with E-state index in [1.165, 1.54) is 13.8 Å². The zero-order valence-electron chi connectivity index (χ0n) is 8.92. The molecule has 1 aromatic rings. The van der Waals surface area contributed by atoms with Gasteiger partial charge in [-0.05, 0) is 31.9 Å². The highest BCUT2D eigenvalue weighted by Crippen LogP contribution is 2.28. The second kappa shape index (κ2) is 4.08. The summed E-state index contributed by atoms with van der Waals surface area (Å²) in [5.41, 5.74) is -1.20. The highest BCUT2D eigenvalue weighted by molar-refractivity contribution is 5.74. The van der Waals surface area contributed by atoms with E-state index in [1.54, 1.807) is 0 Å². The summed E-state index contributed by atoms with van der Waals surface area (Å²) in [6.07, 6.45) is -0.123. The van der Waals surface area contributed by atoms with E-state index in [0.29, 0.717) is 0 Å². The first-order chi connectivity index (χ1) is 7.25. The first-order valence-corrected chi connectivity index (χ1v) is 4.65. The van der Waals surface area contributed by atoms with E-state index >= 15 is 0 Å². The number of carboxylic acid groups (broad SMARTS) is 1. The molecule has 5 heteroatoms. The molecule has 0 unspecified atom stereocenters. The summed E-state index contributed by atoms with van der Waals surface area (Å²) in [4.78, 5) is 10.8. The van der Waals surface area contributed by atoms with Crippen molar-refractivity contribution in [3.8, 4) is 5.75 Å². The monoisotopic (exact) mass is 230 g/mol. The van der Waals surface area contributed by atoms with Gasteiger partial charge in [-0.1, -0.05) is 6.07 Å². The molecule has 0 amide bonds. The number of phenolic OH excluding ortho intramolecular Hbond substituents is 1. The Morgan fingerprint density at radius 3 is 2.44 bits per heavy atom. The van der Waals surface area contributed by atoms with Crippen molar-refractivity contribution in [3.63, 3.8) is 0 Å². The lowest BCUT2D eigenvalue weighted by Crippen LogP contribution is -2.26. The first kappa shape index (κ1) is 12.4. The molecule has 1 rings (SSSR count). The van der Waals surface area contributed by atoms with Gasteiger partial charge in [-0.2, -0.15) is 0 Å². The van der Waals surface area contributed by atoms with Gasteiger partial charge in [0.15, 0.2) is 17.4 Å². The van der Waals surface area contributed by atoms with Crippen LogP contribution in [0.5, 0.6) is 5.75 Å². The van der Waals surface area contributed by atoms with Crippen LogP contribution in [0.3, 0.4) is 0 Å². The molecule has 0 saturated carbocycles. The third-order valence-corrected chi connectivity index (χ3v) is 2.36. The van der Waals surface area contributed by atoms with Crippen molar-refractivity contribution >= 4 is 5.97 Å². The molecular formula is C11H12F2O3. The van der Waals surface area contributed by atoms with Crippen LogP contribution in [0.2, 0.25) is 0 Å². The first-order valence-electron chi connectivity index (χ1n) is 4.65. The minimum absolute atomic E-state index is 0.0219. The van der Waals surface area contributed by atoms with Crippen molar-refractivity contribution in [1.82, 2.24) is 0 Å². The van der Waals surface area contributed by atoms with Gasteiger partial charge < -0.3 is 10.2 Å². The van der Waals surface area contributed by atoms with E-state index in [4.69, 9.17) is 10.2 Å². The maximum atomic E-state index is 13.4. The van der Waals surface area contributed by atoms with Crippen molar-refractivity contribution in [3.05, 3.63) is 29.3 Å². The Kier molecular flexibility index (Phi) is 3.16. The fourth-order valence-electron chi connectivity index (χ4n) is 1.27. The number of carbonyl (C=O) groups is 1. The topological polar surface area (TPSA) is 57.5 Å². The van der Waals surface area contributed by atoms with Crippen molar-refractivity contribution in [1.29, 1.82) is 0 Å². The lowest BCUT2D eigenvalue weighted by Gasteiger charge is -2.19. The van der Waals surface area contributed by atoms with Crippen LogP contribution >= 0.6 is 0 Å². The van der Waals surface area contributed by atoms with E-state index in [0.717, 1.165) is 12.1 Å². The Morgan fingerprint density at radius 1 is 1.38 bits per heavy atom. The van der Waals surface area contributed by atoms with Crippen LogP contribution in [0.25, 0.3) is 0 Å². The lowest BCUT2D eigenvalue weighted by atomic mass is 9.85. The van der Waals surface area contributed by atoms with Crippen LogP contribution in [0.15, 0.2) is 12.1 Å². The average Bonchev–Trinajstić information content (AvgIpc) is 2.19. The Hall–Kier alpha value is -1.65. The van der Waals surface area contributed by atoms with E-state index < -0.39 is 28.8 Å². The molecule has 1 aromatic carbocycles. The average molecular weight is 230 g/mol. The number of aromatic hydroxyl groups is 1. The summed E-state index contributed by atoms with van der Waals surface area (Å²) in [5.74, 6) is -4.32. The van der Waals surface area contributed by atoms with E-state index in [2.05, 4.69) is 0 Å². The lowest BCUT2D eigenvalue weighted by molar-refractivity contribution is -0.146. The molecule has 0 aromatic heterocycles. The van der Waals surface area contributed by atoms with Gasteiger partial charge in [0.1, 0.15) is 0 Å². The third kappa shape index (κ3) is 2.29. The van der Waals surface area contributed by atoms with Crippen LogP contribution in [-0.2, 0) is 11.2 Å². The molecule has 0 aliphatic rings. The number of phenols is 1. The van der Waals surface area contributed by atoms with Crippen LogP contribution in [-0.4, -0.2) is 16.2 Å². The minimum Gasteiger partial charge on any atom is -0.503 e. The zero-order chi connectivity index (χ0) is 12.5. The standard InChI is InChI=1S/C11H12F2O3/c1-11(2,10(15)16)5-6-3-4-7(12)9(14)8(6)13/h3-4,14H,5H2,1-2H3,(H,15,16). The van der Waals surface area contributed by atoms with Crippen molar-refractivity contribution in [2.75, 3.05) is 0 Å². The predicted molar refractivity (Wildman–Crippen MR) is 53.1 cm³/mol. The summed E-state index contributed by atoms with van der Waals surface area (Å²) < 4.78 is 26.1. The van der Waals surface area contributed by atoms with Gasteiger partial charge in [-0.3, -0.25) is 4.79 Å². The number of aliphatic carboxylic acids is 1. The molecular weight excluding hydrogens is 218 g/mol. The smallest absolute Gasteiger partial charge is 0.309 e. The van der Waals surface area contributed by atoms with E-state index in [9.17, 15) is 13.6 Å². The largest absolute Gasteiger partial charge is 0.503 e. The molecule has 0 saturated heterocycles. The van der Waals surface area contributed by atoms with Gasteiger partial charge in [0.25, 0.3) is 0 Å². The molecule has 16 heavy (non-hydrogen) atoms. The van der Waals surface area contributed by atoms with Crippen molar-refractivity contribution in [2.45, 2.75) is 20.3 Å². The molecule has 0 heterocycles. The SMILES string of the molecule is CC(C)(Cc1ccc(F)c(O)c1F)C(=O)O. The molecule has 88 valence electrons. The van der Waals surface area contributed by atoms with Crippen LogP contribution < -0.4 is 0 Å². The van der Waals surface area contributed by atoms with Gasteiger partial charge in [0, 0.05) is 0 Å². The molecule has 0 spiro atoms. The molecule has 0 radical (unpaired) electrons. The quantitative estimate of drug-likeness (QED) is 0.837. The molecule has 0 atom stereocenters. The third-order valence-electron chi connectivity index (χ3n) is 2.36. The van der Waals surface area contributed by atoms with Gasteiger partial charge in [-0.25, -0.2) is 8.78 Å². The second-order valence-corrected chi connectivity index (χ2v) is 4.23. The van der Waals surface area contributed by atoms with Gasteiger partial charge in [-0.15, -0.1) is 0 Å². The van der Waals surface area contributed by atoms with Crippen LogP contribution in [0.4, 0.5) is 8.78 Å². The van der Waals surface area contributed by atoms with Crippen molar-refractivity contribution in [2.24, 2.45) is 5.41 Å². The Morgan fingerprint density at radius 2 is 1.94 bits per heavy atom. The Balaban J connectivity index is 3.08. The number of hydrogen-bond donors (Lipinski definition) is 2. The minimum atomic E-state index is -1.18. The Labute approximate surface area is 91.3 Å². The highest BCUT2D eigenvalue weighted by Gasteiger charge is 2.29. The van der Waals surface area contributed by atoms with Crippen molar-refractivity contribution < 1.29 is 23.8 Å². The van der Waals surface area contributed by atoms with E-state index in [-0.39, 0.29) is 12.0 Å². The van der Waals surface area contributed by atoms with E-state index in [1.807, 2.05) is 0 Å². The maximum absolute atomic E-state index is 13.4. The normalized spacial score (nSPS) is 11.5. The number of benzene rings is 1. The molecule has 3 nitrogen and oxygen atoms in total. The molecule has 0 aliphatic heterocycles. The second-order valence-electron chi connectivity index (χ2n) is 4.23. The number of hydrogen-bond acceptors (Lipinski definition) is 2. The molecule has 0 aliphatic carbocycles. The van der Waals surface area contributed by atoms with Crippen LogP contribution in [0.1, 0.15) is 19.4 Å². The molecule has 0 bridgehead atoms. The summed E-state index contributed by atoms with van der Waals surface area (Å²) in [6, 6.07) is 2.04. The molecule has 2 N–H and O–H groups in total. The Bertz CT molecular complexity index is 427.